The Morgan fingerprint density at radius 3 is 3.06 bits per heavy atom. The number of ether oxygens (including phenoxy) is 1. The molecule has 1 atom stereocenters. The minimum absolute atomic E-state index is 0.0484. The van der Waals surface area contributed by atoms with E-state index in [1.807, 2.05) is 18.4 Å². The van der Waals surface area contributed by atoms with Crippen LogP contribution in [0, 0.1) is 0 Å². The smallest absolute Gasteiger partial charge is 0.0777 e. The molecule has 4 heteroatoms. The van der Waals surface area contributed by atoms with Gasteiger partial charge in [-0.15, -0.1) is 11.3 Å². The Morgan fingerprint density at radius 2 is 2.44 bits per heavy atom. The molecule has 1 aliphatic heterocycles. The van der Waals surface area contributed by atoms with E-state index in [0.717, 1.165) is 13.1 Å². The zero-order chi connectivity index (χ0) is 11.6. The van der Waals surface area contributed by atoms with Crippen molar-refractivity contribution in [1.82, 2.24) is 4.90 Å². The summed E-state index contributed by atoms with van der Waals surface area (Å²) in [6.45, 7) is 5.49. The van der Waals surface area contributed by atoms with E-state index in [-0.39, 0.29) is 5.60 Å². The van der Waals surface area contributed by atoms with E-state index in [0.29, 0.717) is 0 Å². The number of hydrogen-bond acceptors (Lipinski definition) is 3. The largest absolute Gasteiger partial charge is 0.377 e. The number of methoxy groups -OCH3 is 1. The van der Waals surface area contributed by atoms with Crippen molar-refractivity contribution >= 4 is 27.3 Å². The van der Waals surface area contributed by atoms with E-state index in [2.05, 4.69) is 39.2 Å². The van der Waals surface area contributed by atoms with Crippen molar-refractivity contribution in [3.63, 3.8) is 0 Å². The maximum atomic E-state index is 5.60. The van der Waals surface area contributed by atoms with Crippen molar-refractivity contribution in [3.05, 3.63) is 20.8 Å². The summed E-state index contributed by atoms with van der Waals surface area (Å²) in [4.78, 5) is 3.91. The Bertz CT molecular complexity index is 355. The Hall–Kier alpha value is 0.1000. The van der Waals surface area contributed by atoms with Crippen molar-refractivity contribution in [2.45, 2.75) is 31.9 Å². The van der Waals surface area contributed by atoms with E-state index in [1.54, 1.807) is 0 Å². The third-order valence-corrected chi connectivity index (χ3v) is 4.91. The molecule has 0 amide bonds. The number of rotatable bonds is 3. The summed E-state index contributed by atoms with van der Waals surface area (Å²) in [7, 11) is 1.82. The van der Waals surface area contributed by atoms with E-state index in [9.17, 15) is 0 Å². The average Bonchev–Trinajstić information content (AvgIpc) is 2.64. The molecule has 0 saturated carbocycles. The standard InChI is InChI=1S/C12H18BrNOS/c1-12(15-2)4-3-5-14(9-12)7-11-6-10(13)8-16-11/h6,8H,3-5,7,9H2,1-2H3. The Kier molecular flexibility index (Phi) is 4.06. The molecule has 1 saturated heterocycles. The van der Waals surface area contributed by atoms with Gasteiger partial charge in [-0.1, -0.05) is 0 Å². The second kappa shape index (κ2) is 5.17. The number of piperidine rings is 1. The first-order valence-corrected chi connectivity index (χ1v) is 7.29. The maximum Gasteiger partial charge on any atom is 0.0777 e. The highest BCUT2D eigenvalue weighted by Crippen LogP contribution is 2.27. The Morgan fingerprint density at radius 1 is 1.62 bits per heavy atom. The molecule has 0 spiro atoms. The van der Waals surface area contributed by atoms with Gasteiger partial charge in [0.25, 0.3) is 0 Å². The van der Waals surface area contributed by atoms with Gasteiger partial charge in [0.15, 0.2) is 0 Å². The maximum absolute atomic E-state index is 5.60. The third-order valence-electron chi connectivity index (χ3n) is 3.23. The lowest BCUT2D eigenvalue weighted by Gasteiger charge is -2.39. The molecule has 0 radical (unpaired) electrons. The van der Waals surface area contributed by atoms with Crippen molar-refractivity contribution in [2.75, 3.05) is 20.2 Å². The van der Waals surface area contributed by atoms with Gasteiger partial charge in [-0.05, 0) is 48.3 Å². The van der Waals surface area contributed by atoms with Gasteiger partial charge in [-0.3, -0.25) is 4.90 Å². The van der Waals surface area contributed by atoms with Crippen LogP contribution in [-0.2, 0) is 11.3 Å². The van der Waals surface area contributed by atoms with Gasteiger partial charge in [0.05, 0.1) is 5.60 Å². The zero-order valence-corrected chi connectivity index (χ0v) is 12.2. The summed E-state index contributed by atoms with van der Waals surface area (Å²) in [5, 5.41) is 2.15. The van der Waals surface area contributed by atoms with Crippen LogP contribution in [0.5, 0.6) is 0 Å². The predicted molar refractivity (Wildman–Crippen MR) is 71.9 cm³/mol. The third kappa shape index (κ3) is 3.06. The average molecular weight is 304 g/mol. The molecule has 0 aliphatic carbocycles. The molecule has 2 heterocycles. The summed E-state index contributed by atoms with van der Waals surface area (Å²) in [5.41, 5.74) is 0.0484. The van der Waals surface area contributed by atoms with Gasteiger partial charge < -0.3 is 4.74 Å². The molecule has 1 aromatic heterocycles. The topological polar surface area (TPSA) is 12.5 Å². The fraction of sp³-hybridized carbons (Fsp3) is 0.667. The number of halogens is 1. The van der Waals surface area contributed by atoms with Crippen LogP contribution < -0.4 is 0 Å². The lowest BCUT2D eigenvalue weighted by molar-refractivity contribution is -0.0524. The molecular weight excluding hydrogens is 286 g/mol. The highest BCUT2D eigenvalue weighted by molar-refractivity contribution is 9.10. The summed E-state index contributed by atoms with van der Waals surface area (Å²) in [6, 6.07) is 2.21. The monoisotopic (exact) mass is 303 g/mol. The van der Waals surface area contributed by atoms with Gasteiger partial charge in [0.2, 0.25) is 0 Å². The van der Waals surface area contributed by atoms with Crippen molar-refractivity contribution in [3.8, 4) is 0 Å². The molecular formula is C12H18BrNOS. The van der Waals surface area contributed by atoms with Crippen molar-refractivity contribution < 1.29 is 4.74 Å². The van der Waals surface area contributed by atoms with Gasteiger partial charge in [0.1, 0.15) is 0 Å². The first kappa shape index (κ1) is 12.6. The van der Waals surface area contributed by atoms with Crippen molar-refractivity contribution in [1.29, 1.82) is 0 Å². The first-order chi connectivity index (χ1) is 7.61. The van der Waals surface area contributed by atoms with Crippen LogP contribution in [0.4, 0.5) is 0 Å². The molecule has 1 aliphatic rings. The van der Waals surface area contributed by atoms with Gasteiger partial charge in [-0.25, -0.2) is 0 Å². The van der Waals surface area contributed by atoms with Crippen LogP contribution in [0.3, 0.4) is 0 Å². The highest BCUT2D eigenvalue weighted by Gasteiger charge is 2.30. The summed E-state index contributed by atoms with van der Waals surface area (Å²) < 4.78 is 6.80. The minimum Gasteiger partial charge on any atom is -0.377 e. The lowest BCUT2D eigenvalue weighted by atomic mass is 9.95. The van der Waals surface area contributed by atoms with E-state index in [4.69, 9.17) is 4.74 Å². The molecule has 0 aromatic carbocycles. The number of thiophene rings is 1. The molecule has 0 bridgehead atoms. The van der Waals surface area contributed by atoms with Crippen LogP contribution in [0.15, 0.2) is 15.9 Å². The first-order valence-electron chi connectivity index (χ1n) is 5.62. The lowest BCUT2D eigenvalue weighted by Crippen LogP contribution is -2.46. The molecule has 16 heavy (non-hydrogen) atoms. The van der Waals surface area contributed by atoms with Crippen LogP contribution >= 0.6 is 27.3 Å². The fourth-order valence-electron chi connectivity index (χ4n) is 2.27. The second-order valence-corrected chi connectivity index (χ2v) is 6.61. The molecule has 1 unspecified atom stereocenters. The Labute approximate surface area is 110 Å². The number of hydrogen-bond donors (Lipinski definition) is 0. The number of likely N-dealkylation sites (tertiary alicyclic amines) is 1. The van der Waals surface area contributed by atoms with E-state index < -0.39 is 0 Å². The van der Waals surface area contributed by atoms with Gasteiger partial charge in [-0.2, -0.15) is 0 Å². The quantitative estimate of drug-likeness (QED) is 0.847. The van der Waals surface area contributed by atoms with Crippen LogP contribution in [-0.4, -0.2) is 30.7 Å². The second-order valence-electron chi connectivity index (χ2n) is 4.70. The van der Waals surface area contributed by atoms with E-state index >= 15 is 0 Å². The fourth-order valence-corrected chi connectivity index (χ4v) is 3.76. The molecule has 2 nitrogen and oxygen atoms in total. The summed E-state index contributed by atoms with van der Waals surface area (Å²) >= 11 is 5.32. The van der Waals surface area contributed by atoms with Crippen LogP contribution in [0.2, 0.25) is 0 Å². The molecule has 1 fully saturated rings. The molecule has 1 aromatic rings. The zero-order valence-electron chi connectivity index (χ0n) is 9.83. The van der Waals surface area contributed by atoms with Gasteiger partial charge >= 0.3 is 0 Å². The Balaban J connectivity index is 1.95. The number of nitrogens with zero attached hydrogens (tertiary/aromatic N) is 1. The summed E-state index contributed by atoms with van der Waals surface area (Å²) in [5.74, 6) is 0. The minimum atomic E-state index is 0.0484. The summed E-state index contributed by atoms with van der Waals surface area (Å²) in [6.07, 6.45) is 2.41. The normalized spacial score (nSPS) is 27.2. The predicted octanol–water partition coefficient (Wildman–Crippen LogP) is 3.51. The van der Waals surface area contributed by atoms with Crippen molar-refractivity contribution in [2.24, 2.45) is 0 Å². The molecule has 90 valence electrons. The highest BCUT2D eigenvalue weighted by atomic mass is 79.9. The van der Waals surface area contributed by atoms with Gasteiger partial charge in [0, 0.05) is 34.9 Å². The molecule has 0 N–H and O–H groups in total. The van der Waals surface area contributed by atoms with Crippen LogP contribution in [0.25, 0.3) is 0 Å². The SMILES string of the molecule is COC1(C)CCCN(Cc2cc(Br)cs2)C1. The molecule has 2 rings (SSSR count). The van der Waals surface area contributed by atoms with E-state index in [1.165, 1.54) is 28.7 Å². The van der Waals surface area contributed by atoms with Crippen LogP contribution in [0.1, 0.15) is 24.6 Å².